The van der Waals surface area contributed by atoms with Gasteiger partial charge in [0.25, 0.3) is 5.91 Å². The second-order valence-corrected chi connectivity index (χ2v) is 8.52. The number of hydrogen-bond donors (Lipinski definition) is 1. The van der Waals surface area contributed by atoms with E-state index in [1.807, 2.05) is 43.1 Å². The summed E-state index contributed by atoms with van der Waals surface area (Å²) in [5, 5.41) is 2.93. The SMILES string of the molecule is CCCN(Cc1cccn1Cc1ccc(C(=O)NCCN2CCOCC2)o1)C(=O)C(C)C. The number of carbonyl (C=O) groups is 2. The van der Waals surface area contributed by atoms with Crippen molar-refractivity contribution < 1.29 is 18.7 Å². The van der Waals surface area contributed by atoms with E-state index in [-0.39, 0.29) is 17.7 Å². The van der Waals surface area contributed by atoms with Crippen molar-refractivity contribution in [3.8, 4) is 0 Å². The van der Waals surface area contributed by atoms with Gasteiger partial charge in [0.05, 0.1) is 26.3 Å². The molecule has 0 unspecified atom stereocenters. The molecule has 1 aliphatic rings. The van der Waals surface area contributed by atoms with Crippen molar-refractivity contribution in [1.82, 2.24) is 19.7 Å². The molecule has 1 N–H and O–H groups in total. The summed E-state index contributed by atoms with van der Waals surface area (Å²) in [6, 6.07) is 7.55. The van der Waals surface area contributed by atoms with Crippen LogP contribution in [0.1, 0.15) is 49.2 Å². The minimum Gasteiger partial charge on any atom is -0.454 e. The first-order chi connectivity index (χ1) is 15.5. The van der Waals surface area contributed by atoms with Gasteiger partial charge in [-0.05, 0) is 30.7 Å². The van der Waals surface area contributed by atoms with Gasteiger partial charge in [-0.3, -0.25) is 14.5 Å². The van der Waals surface area contributed by atoms with Crippen molar-refractivity contribution in [3.05, 3.63) is 47.7 Å². The highest BCUT2D eigenvalue weighted by Crippen LogP contribution is 2.15. The Kier molecular flexibility index (Phi) is 8.93. The van der Waals surface area contributed by atoms with Crippen LogP contribution in [0.25, 0.3) is 0 Å². The smallest absolute Gasteiger partial charge is 0.287 e. The third kappa shape index (κ3) is 6.71. The minimum absolute atomic E-state index is 0.0284. The van der Waals surface area contributed by atoms with Crippen LogP contribution >= 0.6 is 0 Å². The average molecular weight is 445 g/mol. The summed E-state index contributed by atoms with van der Waals surface area (Å²) in [5.74, 6) is 0.957. The molecule has 8 heteroatoms. The molecular formula is C24H36N4O4. The Morgan fingerprint density at radius 1 is 1.19 bits per heavy atom. The molecular weight excluding hydrogens is 408 g/mol. The van der Waals surface area contributed by atoms with Crippen LogP contribution < -0.4 is 5.32 Å². The maximum Gasteiger partial charge on any atom is 0.287 e. The summed E-state index contributed by atoms with van der Waals surface area (Å²) < 4.78 is 13.2. The zero-order valence-electron chi connectivity index (χ0n) is 19.5. The zero-order chi connectivity index (χ0) is 22.9. The number of morpholine rings is 1. The molecule has 2 aromatic rings. The van der Waals surface area contributed by atoms with E-state index in [4.69, 9.17) is 9.15 Å². The van der Waals surface area contributed by atoms with E-state index < -0.39 is 0 Å². The van der Waals surface area contributed by atoms with Crippen LogP contribution in [0.5, 0.6) is 0 Å². The molecule has 0 radical (unpaired) electrons. The van der Waals surface area contributed by atoms with Crippen molar-refractivity contribution in [2.24, 2.45) is 5.92 Å². The van der Waals surface area contributed by atoms with Gasteiger partial charge in [-0.25, -0.2) is 0 Å². The highest BCUT2D eigenvalue weighted by Gasteiger charge is 2.19. The fraction of sp³-hybridized carbons (Fsp3) is 0.583. The maximum atomic E-state index is 12.5. The molecule has 0 saturated carbocycles. The van der Waals surface area contributed by atoms with Crippen molar-refractivity contribution in [2.75, 3.05) is 45.9 Å². The Morgan fingerprint density at radius 3 is 2.69 bits per heavy atom. The lowest BCUT2D eigenvalue weighted by Crippen LogP contribution is -2.41. The fourth-order valence-electron chi connectivity index (χ4n) is 3.84. The van der Waals surface area contributed by atoms with Gasteiger partial charge in [-0.15, -0.1) is 0 Å². The molecule has 0 spiro atoms. The molecule has 32 heavy (non-hydrogen) atoms. The van der Waals surface area contributed by atoms with E-state index in [1.54, 1.807) is 6.07 Å². The largest absolute Gasteiger partial charge is 0.454 e. The Labute approximate surface area is 190 Å². The lowest BCUT2D eigenvalue weighted by molar-refractivity contribution is -0.135. The first-order valence-electron chi connectivity index (χ1n) is 11.6. The average Bonchev–Trinajstić information content (AvgIpc) is 3.43. The highest BCUT2D eigenvalue weighted by atomic mass is 16.5. The van der Waals surface area contributed by atoms with Gasteiger partial charge in [0, 0.05) is 50.5 Å². The molecule has 1 saturated heterocycles. The molecule has 3 heterocycles. The molecule has 0 atom stereocenters. The second-order valence-electron chi connectivity index (χ2n) is 8.52. The molecule has 1 fully saturated rings. The number of nitrogens with one attached hydrogen (secondary N) is 1. The maximum absolute atomic E-state index is 12.5. The first-order valence-corrected chi connectivity index (χ1v) is 11.6. The summed E-state index contributed by atoms with van der Waals surface area (Å²) in [5.41, 5.74) is 1.04. The molecule has 3 rings (SSSR count). The zero-order valence-corrected chi connectivity index (χ0v) is 19.5. The molecule has 2 amide bonds. The normalized spacial score (nSPS) is 14.6. The number of ether oxygens (including phenoxy) is 1. The van der Waals surface area contributed by atoms with Crippen LogP contribution in [0.4, 0.5) is 0 Å². The highest BCUT2D eigenvalue weighted by molar-refractivity contribution is 5.91. The van der Waals surface area contributed by atoms with Crippen LogP contribution in [0.3, 0.4) is 0 Å². The Hall–Kier alpha value is -2.58. The van der Waals surface area contributed by atoms with Crippen molar-refractivity contribution in [3.63, 3.8) is 0 Å². The predicted molar refractivity (Wildman–Crippen MR) is 122 cm³/mol. The molecule has 2 aromatic heterocycles. The third-order valence-electron chi connectivity index (χ3n) is 5.60. The predicted octanol–water partition coefficient (Wildman–Crippen LogP) is 2.59. The van der Waals surface area contributed by atoms with E-state index >= 15 is 0 Å². The van der Waals surface area contributed by atoms with Gasteiger partial charge in [-0.2, -0.15) is 0 Å². The number of amides is 2. The molecule has 1 aliphatic heterocycles. The van der Waals surface area contributed by atoms with Crippen LogP contribution in [0.15, 0.2) is 34.9 Å². The fourth-order valence-corrected chi connectivity index (χ4v) is 3.84. The lowest BCUT2D eigenvalue weighted by atomic mass is 10.2. The van der Waals surface area contributed by atoms with Gasteiger partial charge >= 0.3 is 0 Å². The molecule has 0 bridgehead atoms. The summed E-state index contributed by atoms with van der Waals surface area (Å²) >= 11 is 0. The van der Waals surface area contributed by atoms with Crippen molar-refractivity contribution >= 4 is 11.8 Å². The Balaban J connectivity index is 1.54. The van der Waals surface area contributed by atoms with Crippen LogP contribution in [0.2, 0.25) is 0 Å². The number of aromatic nitrogens is 1. The Morgan fingerprint density at radius 2 is 1.97 bits per heavy atom. The summed E-state index contributed by atoms with van der Waals surface area (Å²) in [6.45, 7) is 12.4. The monoisotopic (exact) mass is 444 g/mol. The number of carbonyl (C=O) groups excluding carboxylic acids is 2. The summed E-state index contributed by atoms with van der Waals surface area (Å²) in [4.78, 5) is 29.1. The van der Waals surface area contributed by atoms with Crippen molar-refractivity contribution in [2.45, 2.75) is 40.3 Å². The van der Waals surface area contributed by atoms with E-state index in [0.29, 0.717) is 31.2 Å². The second kappa shape index (κ2) is 11.9. The molecule has 176 valence electrons. The molecule has 0 aliphatic carbocycles. The van der Waals surface area contributed by atoms with Crippen LogP contribution in [0, 0.1) is 5.92 Å². The van der Waals surface area contributed by atoms with Gasteiger partial charge in [0.2, 0.25) is 5.91 Å². The van der Waals surface area contributed by atoms with E-state index in [9.17, 15) is 9.59 Å². The van der Waals surface area contributed by atoms with Gasteiger partial charge in [-0.1, -0.05) is 20.8 Å². The Bertz CT molecular complexity index is 867. The third-order valence-corrected chi connectivity index (χ3v) is 5.60. The summed E-state index contributed by atoms with van der Waals surface area (Å²) in [6.07, 6.45) is 2.89. The number of hydrogen-bond acceptors (Lipinski definition) is 5. The van der Waals surface area contributed by atoms with E-state index in [1.165, 1.54) is 0 Å². The van der Waals surface area contributed by atoms with Crippen molar-refractivity contribution in [1.29, 1.82) is 0 Å². The van der Waals surface area contributed by atoms with Crippen LogP contribution in [-0.4, -0.2) is 72.1 Å². The van der Waals surface area contributed by atoms with Gasteiger partial charge in [0.1, 0.15) is 5.76 Å². The van der Waals surface area contributed by atoms with Crippen LogP contribution in [-0.2, 0) is 22.6 Å². The quantitative estimate of drug-likeness (QED) is 0.576. The molecule has 8 nitrogen and oxygen atoms in total. The standard InChI is InChI=1S/C24H36N4O4/c1-4-10-28(24(30)19(2)3)17-20-6-5-11-27(20)18-21-7-8-22(32-21)23(29)25-9-12-26-13-15-31-16-14-26/h5-8,11,19H,4,9-10,12-18H2,1-3H3,(H,25,29). The first kappa shape index (κ1) is 24.1. The molecule has 0 aromatic carbocycles. The number of rotatable bonds is 11. The van der Waals surface area contributed by atoms with Gasteiger partial charge < -0.3 is 23.9 Å². The minimum atomic E-state index is -0.200. The summed E-state index contributed by atoms with van der Waals surface area (Å²) in [7, 11) is 0. The van der Waals surface area contributed by atoms with Gasteiger partial charge in [0.15, 0.2) is 5.76 Å². The van der Waals surface area contributed by atoms with E-state index in [2.05, 4.69) is 21.7 Å². The number of nitrogens with zero attached hydrogens (tertiary/aromatic N) is 3. The topological polar surface area (TPSA) is 80.0 Å². The lowest BCUT2D eigenvalue weighted by Gasteiger charge is -2.26. The number of furan rings is 1. The van der Waals surface area contributed by atoms with E-state index in [0.717, 1.165) is 51.5 Å².